The van der Waals surface area contributed by atoms with Gasteiger partial charge in [-0.2, -0.15) is 11.8 Å². The van der Waals surface area contributed by atoms with Crippen molar-refractivity contribution in [1.82, 2.24) is 10.2 Å². The lowest BCUT2D eigenvalue weighted by Crippen LogP contribution is -2.61. The van der Waals surface area contributed by atoms with Gasteiger partial charge in [-0.25, -0.2) is 9.59 Å². The summed E-state index contributed by atoms with van der Waals surface area (Å²) in [6, 6.07) is -0.0354. The van der Waals surface area contributed by atoms with E-state index in [1.807, 2.05) is 0 Å². The number of carboxylic acids is 1. The average molecular weight is 314 g/mol. The van der Waals surface area contributed by atoms with E-state index in [0.29, 0.717) is 18.2 Å². The summed E-state index contributed by atoms with van der Waals surface area (Å²) < 4.78 is 0. The third-order valence-electron chi connectivity index (χ3n) is 4.91. The molecule has 0 aromatic rings. The highest BCUT2D eigenvalue weighted by Crippen LogP contribution is 2.30. The van der Waals surface area contributed by atoms with Crippen LogP contribution in [0.1, 0.15) is 51.9 Å². The summed E-state index contributed by atoms with van der Waals surface area (Å²) in [5, 5.41) is 13.0. The summed E-state index contributed by atoms with van der Waals surface area (Å²) in [5.74, 6) is -0.901. The first-order chi connectivity index (χ1) is 9.99. The van der Waals surface area contributed by atoms with E-state index in [0.717, 1.165) is 32.1 Å². The highest BCUT2D eigenvalue weighted by molar-refractivity contribution is 7.99. The lowest BCUT2D eigenvalue weighted by atomic mass is 9.88. The largest absolute Gasteiger partial charge is 0.480 e. The minimum Gasteiger partial charge on any atom is -0.480 e. The monoisotopic (exact) mass is 314 g/mol. The second kappa shape index (κ2) is 6.90. The number of rotatable bonds is 3. The molecule has 2 fully saturated rings. The van der Waals surface area contributed by atoms with Gasteiger partial charge in [0.1, 0.15) is 5.54 Å². The fourth-order valence-corrected chi connectivity index (χ4v) is 4.38. The van der Waals surface area contributed by atoms with Crippen LogP contribution >= 0.6 is 11.8 Å². The van der Waals surface area contributed by atoms with Crippen molar-refractivity contribution in [3.05, 3.63) is 0 Å². The van der Waals surface area contributed by atoms with Crippen molar-refractivity contribution < 1.29 is 14.7 Å². The van der Waals surface area contributed by atoms with Crippen molar-refractivity contribution in [3.8, 4) is 0 Å². The van der Waals surface area contributed by atoms with E-state index in [9.17, 15) is 14.7 Å². The normalized spacial score (nSPS) is 33.5. The number of carboxylic acid groups (broad SMARTS) is 1. The van der Waals surface area contributed by atoms with Gasteiger partial charge in [-0.15, -0.1) is 0 Å². The van der Waals surface area contributed by atoms with Crippen LogP contribution in [0.4, 0.5) is 4.79 Å². The van der Waals surface area contributed by atoms with E-state index in [4.69, 9.17) is 0 Å². The number of thioether (sulfide) groups is 1. The topological polar surface area (TPSA) is 69.6 Å². The van der Waals surface area contributed by atoms with Gasteiger partial charge in [0.25, 0.3) is 0 Å². The Balaban J connectivity index is 2.05. The number of likely N-dealkylation sites (tertiary alicyclic amines) is 1. The summed E-state index contributed by atoms with van der Waals surface area (Å²) in [7, 11) is 0. The predicted octanol–water partition coefficient (Wildman–Crippen LogP) is 2.70. The van der Waals surface area contributed by atoms with Crippen LogP contribution in [0.3, 0.4) is 0 Å². The lowest BCUT2D eigenvalue weighted by molar-refractivity contribution is -0.150. The Morgan fingerprint density at radius 2 is 1.95 bits per heavy atom. The molecule has 3 atom stereocenters. The van der Waals surface area contributed by atoms with E-state index in [1.165, 1.54) is 11.3 Å². The molecular weight excluding hydrogens is 288 g/mol. The summed E-state index contributed by atoms with van der Waals surface area (Å²) in [6.07, 6.45) is 8.84. The molecule has 2 rings (SSSR count). The third-order valence-corrected chi connectivity index (χ3v) is 6.08. The quantitative estimate of drug-likeness (QED) is 0.840. The lowest BCUT2D eigenvalue weighted by Gasteiger charge is -2.43. The SMILES string of the molecule is CSC1CCCCC1NC(=O)N1CCCCC1(C)C(=O)O. The maximum absolute atomic E-state index is 12.6. The molecule has 0 spiro atoms. The number of hydrogen-bond acceptors (Lipinski definition) is 3. The molecule has 0 radical (unpaired) electrons. The number of nitrogens with one attached hydrogen (secondary N) is 1. The molecule has 1 aliphatic heterocycles. The van der Waals surface area contributed by atoms with Gasteiger partial charge < -0.3 is 15.3 Å². The highest BCUT2D eigenvalue weighted by Gasteiger charge is 2.44. The van der Waals surface area contributed by atoms with Crippen molar-refractivity contribution in [2.24, 2.45) is 0 Å². The van der Waals surface area contributed by atoms with E-state index in [2.05, 4.69) is 11.6 Å². The van der Waals surface area contributed by atoms with Gasteiger partial charge in [0.2, 0.25) is 0 Å². The molecule has 120 valence electrons. The van der Waals surface area contributed by atoms with Gasteiger partial charge in [-0.1, -0.05) is 12.8 Å². The number of amides is 2. The summed E-state index contributed by atoms with van der Waals surface area (Å²) in [6.45, 7) is 2.20. The Morgan fingerprint density at radius 1 is 1.24 bits per heavy atom. The Kier molecular flexibility index (Phi) is 5.41. The van der Waals surface area contributed by atoms with Crippen molar-refractivity contribution in [3.63, 3.8) is 0 Å². The minimum atomic E-state index is -1.06. The first-order valence-electron chi connectivity index (χ1n) is 7.83. The van der Waals surface area contributed by atoms with Crippen molar-refractivity contribution in [1.29, 1.82) is 0 Å². The van der Waals surface area contributed by atoms with Gasteiger partial charge in [-0.3, -0.25) is 0 Å². The zero-order valence-corrected chi connectivity index (χ0v) is 13.7. The molecule has 1 heterocycles. The Labute approximate surface area is 130 Å². The number of nitrogens with zero attached hydrogens (tertiary/aromatic N) is 1. The fourth-order valence-electron chi connectivity index (χ4n) is 3.45. The number of hydrogen-bond donors (Lipinski definition) is 2. The Hall–Kier alpha value is -0.910. The van der Waals surface area contributed by atoms with E-state index < -0.39 is 11.5 Å². The van der Waals surface area contributed by atoms with Crippen LogP contribution in [-0.2, 0) is 4.79 Å². The van der Waals surface area contributed by atoms with Crippen LogP contribution in [0, 0.1) is 0 Å². The van der Waals surface area contributed by atoms with Gasteiger partial charge in [0.05, 0.1) is 0 Å². The van der Waals surface area contributed by atoms with Gasteiger partial charge >= 0.3 is 12.0 Å². The first-order valence-corrected chi connectivity index (χ1v) is 9.12. The highest BCUT2D eigenvalue weighted by atomic mass is 32.2. The molecule has 5 nitrogen and oxygen atoms in total. The van der Waals surface area contributed by atoms with Crippen LogP contribution in [0.5, 0.6) is 0 Å². The van der Waals surface area contributed by atoms with Crippen molar-refractivity contribution in [2.75, 3.05) is 12.8 Å². The summed E-state index contributed by atoms with van der Waals surface area (Å²) in [4.78, 5) is 25.7. The van der Waals surface area contributed by atoms with Crippen molar-refractivity contribution >= 4 is 23.8 Å². The second-order valence-electron chi connectivity index (χ2n) is 6.30. The number of aliphatic carboxylic acids is 1. The van der Waals surface area contributed by atoms with Crippen molar-refractivity contribution in [2.45, 2.75) is 68.7 Å². The molecule has 1 saturated heterocycles. The molecule has 21 heavy (non-hydrogen) atoms. The molecular formula is C15H26N2O3S. The number of carbonyl (C=O) groups excluding carboxylic acids is 1. The molecule has 0 aromatic heterocycles. The third kappa shape index (κ3) is 3.47. The second-order valence-corrected chi connectivity index (χ2v) is 7.38. The minimum absolute atomic E-state index is 0.168. The summed E-state index contributed by atoms with van der Waals surface area (Å²) in [5.41, 5.74) is -1.06. The molecule has 1 aliphatic carbocycles. The van der Waals surface area contributed by atoms with Crippen LogP contribution in [0.25, 0.3) is 0 Å². The van der Waals surface area contributed by atoms with Gasteiger partial charge in [0, 0.05) is 17.8 Å². The van der Waals surface area contributed by atoms with Gasteiger partial charge in [-0.05, 0) is 45.3 Å². The standard InChI is InChI=1S/C15H26N2O3S/c1-15(13(18)19)9-5-6-10-17(15)14(20)16-11-7-3-4-8-12(11)21-2/h11-12H,3-10H2,1-2H3,(H,16,20)(H,18,19). The number of carbonyl (C=O) groups is 2. The smallest absolute Gasteiger partial charge is 0.329 e. The van der Waals surface area contributed by atoms with Crippen LogP contribution < -0.4 is 5.32 Å². The van der Waals surface area contributed by atoms with Crippen LogP contribution in [-0.4, -0.2) is 51.6 Å². The maximum atomic E-state index is 12.6. The van der Waals surface area contributed by atoms with E-state index in [1.54, 1.807) is 18.7 Å². The molecule has 0 aromatic carbocycles. The molecule has 6 heteroatoms. The average Bonchev–Trinajstić information content (AvgIpc) is 2.48. The summed E-state index contributed by atoms with van der Waals surface area (Å²) >= 11 is 1.80. The van der Waals surface area contributed by atoms with Gasteiger partial charge in [0.15, 0.2) is 0 Å². The number of urea groups is 1. The molecule has 2 N–H and O–H groups in total. The molecule has 3 unspecified atom stereocenters. The molecule has 1 saturated carbocycles. The number of piperidine rings is 1. The van der Waals surface area contributed by atoms with E-state index >= 15 is 0 Å². The zero-order valence-electron chi connectivity index (χ0n) is 12.9. The first kappa shape index (κ1) is 16.5. The van der Waals surface area contributed by atoms with Crippen LogP contribution in [0.2, 0.25) is 0 Å². The van der Waals surface area contributed by atoms with Crippen LogP contribution in [0.15, 0.2) is 0 Å². The Bertz CT molecular complexity index is 404. The molecule has 0 bridgehead atoms. The molecule has 2 aliphatic rings. The Morgan fingerprint density at radius 3 is 2.62 bits per heavy atom. The van der Waals surface area contributed by atoms with E-state index in [-0.39, 0.29) is 12.1 Å². The maximum Gasteiger partial charge on any atom is 0.329 e. The fraction of sp³-hybridized carbons (Fsp3) is 0.867. The molecule has 2 amide bonds. The predicted molar refractivity (Wildman–Crippen MR) is 84.7 cm³/mol. The zero-order chi connectivity index (χ0) is 15.5.